The van der Waals surface area contributed by atoms with E-state index in [9.17, 15) is 4.57 Å². The molecule has 0 bridgehead atoms. The van der Waals surface area contributed by atoms with E-state index in [1.807, 2.05) is 22.1 Å². The summed E-state index contributed by atoms with van der Waals surface area (Å²) >= 11 is 0. The first-order chi connectivity index (χ1) is 7.99. The van der Waals surface area contributed by atoms with Crippen molar-refractivity contribution in [1.82, 2.24) is 9.34 Å². The molecular weight excluding hydrogens is 231 g/mol. The molecule has 0 aromatic heterocycles. The first-order valence-corrected chi connectivity index (χ1v) is 8.10. The van der Waals surface area contributed by atoms with Crippen LogP contribution in [0.2, 0.25) is 0 Å². The molecule has 17 heavy (non-hydrogen) atoms. The summed E-state index contributed by atoms with van der Waals surface area (Å²) in [5, 5.41) is 0. The minimum Gasteiger partial charge on any atom is -0.284 e. The molecular formula is C13H27N2OP. The molecule has 0 aromatic carbocycles. The number of allylic oxidation sites excluding steroid dienone is 2. The van der Waals surface area contributed by atoms with E-state index in [1.165, 1.54) is 0 Å². The second-order valence-corrected chi connectivity index (χ2v) is 6.51. The molecule has 100 valence electrons. The largest absolute Gasteiger partial charge is 0.284 e. The van der Waals surface area contributed by atoms with Crippen molar-refractivity contribution in [2.24, 2.45) is 0 Å². The van der Waals surface area contributed by atoms with E-state index < -0.39 is 7.44 Å². The van der Waals surface area contributed by atoms with Crippen LogP contribution >= 0.6 is 7.44 Å². The molecule has 0 amide bonds. The quantitative estimate of drug-likeness (QED) is 0.486. The SMILES string of the molecule is C=CC(C)=CP(=O)(N(CC)CC)N(CC)CC. The summed E-state index contributed by atoms with van der Waals surface area (Å²) in [5.41, 5.74) is 0.979. The Morgan fingerprint density at radius 3 is 1.65 bits per heavy atom. The Labute approximate surface area is 107 Å². The van der Waals surface area contributed by atoms with Gasteiger partial charge in [-0.05, 0) is 12.5 Å². The van der Waals surface area contributed by atoms with Crippen LogP contribution in [0, 0.1) is 0 Å². The van der Waals surface area contributed by atoms with Gasteiger partial charge in [0.15, 0.2) is 0 Å². The second-order valence-electron chi connectivity index (χ2n) is 3.94. The standard InChI is InChI=1S/C13H27N2OP/c1-7-13(6)12-17(16,14(8-2)9-3)15(10-4)11-5/h7,12H,1,8-11H2,2-6H3. The van der Waals surface area contributed by atoms with Crippen molar-refractivity contribution in [2.45, 2.75) is 34.6 Å². The average Bonchev–Trinajstić information content (AvgIpc) is 2.31. The zero-order chi connectivity index (χ0) is 13.5. The highest BCUT2D eigenvalue weighted by molar-refractivity contribution is 7.62. The summed E-state index contributed by atoms with van der Waals surface area (Å²) < 4.78 is 17.3. The summed E-state index contributed by atoms with van der Waals surface area (Å²) in [6, 6.07) is 0. The minimum atomic E-state index is -2.58. The van der Waals surface area contributed by atoms with Gasteiger partial charge in [0.25, 0.3) is 0 Å². The molecule has 0 aromatic rings. The smallest absolute Gasteiger partial charge is 0.238 e. The van der Waals surface area contributed by atoms with Crippen LogP contribution in [0.1, 0.15) is 34.6 Å². The molecule has 3 nitrogen and oxygen atoms in total. The van der Waals surface area contributed by atoms with E-state index in [0.29, 0.717) is 0 Å². The molecule has 0 heterocycles. The van der Waals surface area contributed by atoms with Crippen molar-refractivity contribution >= 4 is 7.44 Å². The highest BCUT2D eigenvalue weighted by atomic mass is 31.2. The molecule has 0 fully saturated rings. The second kappa shape index (κ2) is 7.86. The van der Waals surface area contributed by atoms with Crippen molar-refractivity contribution in [3.63, 3.8) is 0 Å². The van der Waals surface area contributed by atoms with Crippen LogP contribution in [0.5, 0.6) is 0 Å². The predicted molar refractivity (Wildman–Crippen MR) is 77.4 cm³/mol. The van der Waals surface area contributed by atoms with Crippen LogP contribution in [0.4, 0.5) is 0 Å². The van der Waals surface area contributed by atoms with Crippen LogP contribution in [0.25, 0.3) is 0 Å². The predicted octanol–water partition coefficient (Wildman–Crippen LogP) is 3.95. The van der Waals surface area contributed by atoms with Gasteiger partial charge in [-0.2, -0.15) is 0 Å². The Balaban J connectivity index is 5.48. The minimum absolute atomic E-state index is 0.797. The Morgan fingerprint density at radius 1 is 1.06 bits per heavy atom. The first kappa shape index (κ1) is 16.6. The Hall–Kier alpha value is -0.370. The van der Waals surface area contributed by atoms with Crippen LogP contribution in [0.15, 0.2) is 24.0 Å². The van der Waals surface area contributed by atoms with Crippen molar-refractivity contribution in [3.8, 4) is 0 Å². The lowest BCUT2D eigenvalue weighted by atomic mass is 10.4. The van der Waals surface area contributed by atoms with Gasteiger partial charge in [0.1, 0.15) is 0 Å². The molecule has 0 spiro atoms. The van der Waals surface area contributed by atoms with E-state index in [2.05, 4.69) is 34.3 Å². The zero-order valence-electron chi connectivity index (χ0n) is 11.9. The maximum absolute atomic E-state index is 13.2. The number of rotatable bonds is 8. The average molecular weight is 258 g/mol. The fourth-order valence-electron chi connectivity index (χ4n) is 1.92. The molecule has 0 saturated carbocycles. The van der Waals surface area contributed by atoms with Crippen molar-refractivity contribution < 1.29 is 4.57 Å². The number of nitrogens with zero attached hydrogens (tertiary/aromatic N) is 2. The highest BCUT2D eigenvalue weighted by Crippen LogP contribution is 2.54. The lowest BCUT2D eigenvalue weighted by molar-refractivity contribution is 0.368. The van der Waals surface area contributed by atoms with Gasteiger partial charge in [-0.3, -0.25) is 4.57 Å². The topological polar surface area (TPSA) is 23.6 Å². The number of hydrogen-bond acceptors (Lipinski definition) is 1. The molecule has 0 unspecified atom stereocenters. The van der Waals surface area contributed by atoms with Gasteiger partial charge in [0.2, 0.25) is 7.44 Å². The van der Waals surface area contributed by atoms with Gasteiger partial charge in [0, 0.05) is 32.0 Å². The molecule has 0 atom stereocenters. The zero-order valence-corrected chi connectivity index (χ0v) is 12.8. The Bertz CT molecular complexity index is 289. The summed E-state index contributed by atoms with van der Waals surface area (Å²) in [6.07, 6.45) is 1.76. The van der Waals surface area contributed by atoms with Crippen LogP contribution < -0.4 is 0 Å². The molecule has 4 heteroatoms. The van der Waals surface area contributed by atoms with E-state index in [4.69, 9.17) is 0 Å². The van der Waals surface area contributed by atoms with Gasteiger partial charge in [-0.15, -0.1) is 0 Å². The summed E-state index contributed by atoms with van der Waals surface area (Å²) in [5.74, 6) is 1.89. The molecule has 0 aliphatic rings. The highest BCUT2D eigenvalue weighted by Gasteiger charge is 2.31. The lowest BCUT2D eigenvalue weighted by Gasteiger charge is -2.35. The van der Waals surface area contributed by atoms with Gasteiger partial charge >= 0.3 is 0 Å². The molecule has 0 aliphatic carbocycles. The fraction of sp³-hybridized carbons (Fsp3) is 0.692. The Morgan fingerprint density at radius 2 is 1.41 bits per heavy atom. The first-order valence-electron chi connectivity index (χ1n) is 6.42. The van der Waals surface area contributed by atoms with Crippen LogP contribution in [0.3, 0.4) is 0 Å². The van der Waals surface area contributed by atoms with Gasteiger partial charge in [-0.1, -0.05) is 40.3 Å². The molecule has 0 radical (unpaired) electrons. The summed E-state index contributed by atoms with van der Waals surface area (Å²) in [6.45, 7) is 17.1. The van der Waals surface area contributed by atoms with Crippen molar-refractivity contribution in [3.05, 3.63) is 24.0 Å². The Kier molecular flexibility index (Phi) is 7.69. The maximum atomic E-state index is 13.2. The molecule has 0 rings (SSSR count). The van der Waals surface area contributed by atoms with Crippen molar-refractivity contribution in [2.75, 3.05) is 26.2 Å². The lowest BCUT2D eigenvalue weighted by Crippen LogP contribution is -2.31. The van der Waals surface area contributed by atoms with Gasteiger partial charge in [0.05, 0.1) is 0 Å². The third-order valence-electron chi connectivity index (χ3n) is 2.96. The third kappa shape index (κ3) is 4.09. The molecule has 0 N–H and O–H groups in total. The summed E-state index contributed by atoms with van der Waals surface area (Å²) in [4.78, 5) is 0. The van der Waals surface area contributed by atoms with E-state index in [1.54, 1.807) is 6.08 Å². The summed E-state index contributed by atoms with van der Waals surface area (Å²) in [7, 11) is -2.58. The number of hydrogen-bond donors (Lipinski definition) is 0. The van der Waals surface area contributed by atoms with Crippen molar-refractivity contribution in [1.29, 1.82) is 0 Å². The van der Waals surface area contributed by atoms with Crippen LogP contribution in [-0.2, 0) is 4.57 Å². The molecule has 0 saturated heterocycles. The maximum Gasteiger partial charge on any atom is 0.238 e. The van der Waals surface area contributed by atoms with Gasteiger partial charge < -0.3 is 0 Å². The van der Waals surface area contributed by atoms with E-state index in [-0.39, 0.29) is 0 Å². The normalized spacial score (nSPS) is 13.5. The van der Waals surface area contributed by atoms with Gasteiger partial charge in [-0.25, -0.2) is 9.34 Å². The van der Waals surface area contributed by atoms with E-state index >= 15 is 0 Å². The fourth-order valence-corrected chi connectivity index (χ4v) is 4.86. The third-order valence-corrected chi connectivity index (χ3v) is 6.46. The monoisotopic (exact) mass is 258 g/mol. The molecule has 0 aliphatic heterocycles. The van der Waals surface area contributed by atoms with E-state index in [0.717, 1.165) is 31.8 Å². The van der Waals surface area contributed by atoms with Crippen LogP contribution in [-0.4, -0.2) is 35.5 Å².